The third-order valence-corrected chi connectivity index (χ3v) is 2.55. The van der Waals surface area contributed by atoms with E-state index < -0.39 is 9.84 Å². The van der Waals surface area contributed by atoms with E-state index in [1.165, 1.54) is 0 Å². The second kappa shape index (κ2) is 6.21. The van der Waals surface area contributed by atoms with Crippen molar-refractivity contribution in [1.82, 2.24) is 5.32 Å². The Morgan fingerprint density at radius 2 is 2.08 bits per heavy atom. The van der Waals surface area contributed by atoms with Crippen LogP contribution in [0.3, 0.4) is 0 Å². The Labute approximate surface area is 83.6 Å². The van der Waals surface area contributed by atoms with Gasteiger partial charge in [-0.25, -0.2) is 8.42 Å². The highest BCUT2D eigenvalue weighted by Crippen LogP contribution is 1.91. The molecule has 0 aromatic rings. The predicted octanol–water partition coefficient (Wildman–Crippen LogP) is 0.166. The number of sulfone groups is 1. The topological polar surface area (TPSA) is 63.2 Å². The van der Waals surface area contributed by atoms with E-state index in [0.717, 1.165) is 6.26 Å². The van der Waals surface area contributed by atoms with Gasteiger partial charge in [-0.15, -0.1) is 11.6 Å². The van der Waals surface area contributed by atoms with Gasteiger partial charge in [0.05, 0.1) is 5.75 Å². The van der Waals surface area contributed by atoms with Crippen LogP contribution in [-0.4, -0.2) is 38.8 Å². The highest BCUT2D eigenvalue weighted by atomic mass is 35.5. The molecule has 0 aromatic carbocycles. The van der Waals surface area contributed by atoms with Gasteiger partial charge in [0, 0.05) is 25.1 Å². The maximum atomic E-state index is 10.9. The number of hydrogen-bond donors (Lipinski definition) is 1. The molecule has 78 valence electrons. The zero-order valence-electron chi connectivity index (χ0n) is 7.55. The monoisotopic (exact) mass is 227 g/mol. The molecule has 0 atom stereocenters. The molecule has 1 N–H and O–H groups in total. The average molecular weight is 228 g/mol. The first kappa shape index (κ1) is 12.7. The summed E-state index contributed by atoms with van der Waals surface area (Å²) < 4.78 is 21.3. The van der Waals surface area contributed by atoms with Gasteiger partial charge in [-0.1, -0.05) is 0 Å². The molecule has 13 heavy (non-hydrogen) atoms. The first-order chi connectivity index (χ1) is 5.95. The number of amides is 1. The molecule has 0 aromatic heterocycles. The minimum absolute atomic E-state index is 0.0143. The van der Waals surface area contributed by atoms with Gasteiger partial charge in [0.15, 0.2) is 0 Å². The van der Waals surface area contributed by atoms with Crippen LogP contribution >= 0.6 is 11.6 Å². The van der Waals surface area contributed by atoms with Crippen LogP contribution in [0.25, 0.3) is 0 Å². The van der Waals surface area contributed by atoms with E-state index >= 15 is 0 Å². The summed E-state index contributed by atoms with van der Waals surface area (Å²) >= 11 is 5.38. The van der Waals surface area contributed by atoms with Gasteiger partial charge in [-0.2, -0.15) is 0 Å². The van der Waals surface area contributed by atoms with Crippen molar-refractivity contribution < 1.29 is 13.2 Å². The highest BCUT2D eigenvalue weighted by Gasteiger charge is 2.03. The average Bonchev–Trinajstić information content (AvgIpc) is 1.98. The molecule has 0 aliphatic heterocycles. The van der Waals surface area contributed by atoms with E-state index in [1.54, 1.807) is 0 Å². The zero-order valence-corrected chi connectivity index (χ0v) is 9.12. The van der Waals surface area contributed by atoms with Crippen molar-refractivity contribution in [2.75, 3.05) is 24.4 Å². The summed E-state index contributed by atoms with van der Waals surface area (Å²) in [6.07, 6.45) is 2.11. The second-order valence-corrected chi connectivity index (χ2v) is 5.41. The third kappa shape index (κ3) is 9.63. The second-order valence-electron chi connectivity index (χ2n) is 2.77. The van der Waals surface area contributed by atoms with Crippen LogP contribution in [0.5, 0.6) is 0 Å². The minimum Gasteiger partial charge on any atom is -0.355 e. The molecule has 1 amide bonds. The maximum Gasteiger partial charge on any atom is 0.220 e. The van der Waals surface area contributed by atoms with E-state index in [2.05, 4.69) is 5.32 Å². The molecule has 4 nitrogen and oxygen atoms in total. The minimum atomic E-state index is -2.98. The summed E-state index contributed by atoms with van der Waals surface area (Å²) in [5.41, 5.74) is 0. The van der Waals surface area contributed by atoms with Crippen LogP contribution in [0.2, 0.25) is 0 Å². The lowest BCUT2D eigenvalue weighted by Gasteiger charge is -2.02. The van der Waals surface area contributed by atoms with Gasteiger partial charge in [0.25, 0.3) is 0 Å². The number of alkyl halides is 1. The zero-order chi connectivity index (χ0) is 10.3. The molecule has 0 saturated carbocycles. The molecule has 0 spiro atoms. The fraction of sp³-hybridized carbons (Fsp3) is 0.857. The smallest absolute Gasteiger partial charge is 0.220 e. The molecule has 6 heteroatoms. The normalized spacial score (nSPS) is 11.2. The van der Waals surface area contributed by atoms with Crippen LogP contribution in [0.4, 0.5) is 0 Å². The molecule has 0 aliphatic rings. The lowest BCUT2D eigenvalue weighted by molar-refractivity contribution is -0.120. The number of rotatable bonds is 6. The number of carbonyl (C=O) groups is 1. The van der Waals surface area contributed by atoms with E-state index in [9.17, 15) is 13.2 Å². The molecule has 0 rings (SSSR count). The number of carbonyl (C=O) groups excluding carboxylic acids is 1. The summed E-state index contributed by atoms with van der Waals surface area (Å²) in [5, 5.41) is 2.50. The van der Waals surface area contributed by atoms with Crippen LogP contribution in [0.1, 0.15) is 12.8 Å². The van der Waals surface area contributed by atoms with E-state index in [-0.39, 0.29) is 18.2 Å². The van der Waals surface area contributed by atoms with Crippen LogP contribution in [0.15, 0.2) is 0 Å². The van der Waals surface area contributed by atoms with Gasteiger partial charge in [0.1, 0.15) is 9.84 Å². The predicted molar refractivity (Wildman–Crippen MR) is 52.7 cm³/mol. The van der Waals surface area contributed by atoms with Crippen molar-refractivity contribution in [2.24, 2.45) is 0 Å². The summed E-state index contributed by atoms with van der Waals surface area (Å²) in [7, 11) is -2.98. The molecule has 0 aliphatic carbocycles. The van der Waals surface area contributed by atoms with Crippen molar-refractivity contribution in [3.63, 3.8) is 0 Å². The Hall–Kier alpha value is -0.290. The van der Waals surface area contributed by atoms with Crippen molar-refractivity contribution >= 4 is 27.3 Å². The van der Waals surface area contributed by atoms with Gasteiger partial charge in [-0.05, 0) is 6.42 Å². The Balaban J connectivity index is 3.49. The maximum absolute atomic E-state index is 10.9. The van der Waals surface area contributed by atoms with Crippen LogP contribution < -0.4 is 5.32 Å². The lowest BCUT2D eigenvalue weighted by atomic mass is 10.3. The molecule has 0 radical (unpaired) electrons. The van der Waals surface area contributed by atoms with Crippen LogP contribution in [-0.2, 0) is 14.6 Å². The molecule has 0 heterocycles. The first-order valence-corrected chi connectivity index (χ1v) is 6.55. The van der Waals surface area contributed by atoms with Gasteiger partial charge in [-0.3, -0.25) is 4.79 Å². The van der Waals surface area contributed by atoms with Crippen LogP contribution in [0, 0.1) is 0 Å². The van der Waals surface area contributed by atoms with Crippen molar-refractivity contribution in [1.29, 1.82) is 0 Å². The summed E-state index contributed by atoms with van der Waals surface area (Å²) in [4.78, 5) is 10.9. The lowest BCUT2D eigenvalue weighted by Crippen LogP contribution is -2.28. The van der Waals surface area contributed by atoms with Gasteiger partial charge in [0.2, 0.25) is 5.91 Å². The number of hydrogen-bond acceptors (Lipinski definition) is 3. The fourth-order valence-electron chi connectivity index (χ4n) is 0.692. The number of nitrogens with one attached hydrogen (secondary N) is 1. The molecular weight excluding hydrogens is 214 g/mol. The molecular formula is C7H14ClNO3S. The largest absolute Gasteiger partial charge is 0.355 e. The highest BCUT2D eigenvalue weighted by molar-refractivity contribution is 7.90. The Morgan fingerprint density at radius 1 is 1.46 bits per heavy atom. The Bertz CT molecular complexity index is 250. The summed E-state index contributed by atoms with van der Waals surface area (Å²) in [5.74, 6) is 0.281. The van der Waals surface area contributed by atoms with E-state index in [0.29, 0.717) is 18.7 Å². The first-order valence-electron chi connectivity index (χ1n) is 3.96. The van der Waals surface area contributed by atoms with Crippen molar-refractivity contribution in [2.45, 2.75) is 12.8 Å². The molecule has 0 unspecified atom stereocenters. The standard InChI is InChI=1S/C7H14ClNO3S/c1-13(11,12)6-5-9-7(10)3-2-4-8/h2-6H2,1H3,(H,9,10). The van der Waals surface area contributed by atoms with Crippen molar-refractivity contribution in [3.05, 3.63) is 0 Å². The van der Waals surface area contributed by atoms with E-state index in [4.69, 9.17) is 11.6 Å². The van der Waals surface area contributed by atoms with Gasteiger partial charge >= 0.3 is 0 Å². The fourth-order valence-corrected chi connectivity index (χ4v) is 1.30. The quantitative estimate of drug-likeness (QED) is 0.658. The van der Waals surface area contributed by atoms with E-state index in [1.807, 2.05) is 0 Å². The Kier molecular flexibility index (Phi) is 6.07. The molecule has 0 bridgehead atoms. The Morgan fingerprint density at radius 3 is 2.54 bits per heavy atom. The third-order valence-electron chi connectivity index (χ3n) is 1.33. The van der Waals surface area contributed by atoms with Gasteiger partial charge < -0.3 is 5.32 Å². The number of halogens is 1. The SMILES string of the molecule is CS(=O)(=O)CCNC(=O)CCCCl. The van der Waals surface area contributed by atoms with Crippen molar-refractivity contribution in [3.8, 4) is 0 Å². The molecule has 0 saturated heterocycles. The summed E-state index contributed by atoms with van der Waals surface area (Å²) in [6.45, 7) is 0.181. The summed E-state index contributed by atoms with van der Waals surface area (Å²) in [6, 6.07) is 0. The molecule has 0 fully saturated rings.